The maximum Gasteiger partial charge on any atom is 0.415 e. The van der Waals surface area contributed by atoms with Gasteiger partial charge in [0, 0.05) is 26.2 Å². The Kier molecular flexibility index (Phi) is 4.44. The standard InChI is InChI=1S/C13H17F3N2O/c14-13(15,16)12(19)11-9-18(7-6-17-11)8-10-4-2-1-3-5-10/h1-5,11-12,17,19H,6-9H2. The third-order valence-corrected chi connectivity index (χ3v) is 3.25. The van der Waals surface area contributed by atoms with Crippen molar-refractivity contribution in [2.24, 2.45) is 0 Å². The highest BCUT2D eigenvalue weighted by Gasteiger charge is 2.44. The van der Waals surface area contributed by atoms with Gasteiger partial charge in [0.05, 0.1) is 6.04 Å². The highest BCUT2D eigenvalue weighted by Crippen LogP contribution is 2.24. The molecule has 0 bridgehead atoms. The van der Waals surface area contributed by atoms with Gasteiger partial charge in [-0.3, -0.25) is 4.90 Å². The molecule has 2 rings (SSSR count). The van der Waals surface area contributed by atoms with Crippen LogP contribution < -0.4 is 5.32 Å². The number of nitrogens with one attached hydrogen (secondary N) is 1. The molecule has 0 spiro atoms. The largest absolute Gasteiger partial charge is 0.415 e. The molecule has 2 atom stereocenters. The van der Waals surface area contributed by atoms with Gasteiger partial charge in [0.1, 0.15) is 0 Å². The van der Waals surface area contributed by atoms with Crippen LogP contribution in [0.15, 0.2) is 30.3 Å². The fraction of sp³-hybridized carbons (Fsp3) is 0.538. The van der Waals surface area contributed by atoms with E-state index in [-0.39, 0.29) is 6.54 Å². The topological polar surface area (TPSA) is 35.5 Å². The molecular formula is C13H17F3N2O. The molecule has 2 N–H and O–H groups in total. The van der Waals surface area contributed by atoms with Crippen molar-refractivity contribution < 1.29 is 18.3 Å². The summed E-state index contributed by atoms with van der Waals surface area (Å²) in [5.41, 5.74) is 1.06. The molecule has 0 aliphatic carbocycles. The summed E-state index contributed by atoms with van der Waals surface area (Å²) in [4.78, 5) is 1.92. The summed E-state index contributed by atoms with van der Waals surface area (Å²) in [6, 6.07) is 8.63. The minimum Gasteiger partial charge on any atom is -0.382 e. The Bertz CT molecular complexity index is 397. The molecule has 0 amide bonds. The first kappa shape index (κ1) is 14.3. The number of aliphatic hydroxyl groups excluding tert-OH is 1. The number of benzene rings is 1. The zero-order chi connectivity index (χ0) is 13.9. The second-order valence-corrected chi connectivity index (χ2v) is 4.77. The van der Waals surface area contributed by atoms with Crippen molar-refractivity contribution in [1.29, 1.82) is 0 Å². The Labute approximate surface area is 110 Å². The molecule has 1 aromatic carbocycles. The van der Waals surface area contributed by atoms with Gasteiger partial charge in [0.15, 0.2) is 6.10 Å². The van der Waals surface area contributed by atoms with Crippen molar-refractivity contribution in [2.45, 2.75) is 24.9 Å². The summed E-state index contributed by atoms with van der Waals surface area (Å²) in [6.45, 7) is 1.92. The van der Waals surface area contributed by atoms with E-state index in [1.54, 1.807) is 0 Å². The first-order valence-electron chi connectivity index (χ1n) is 6.21. The van der Waals surface area contributed by atoms with E-state index < -0.39 is 18.3 Å². The number of halogens is 3. The van der Waals surface area contributed by atoms with Gasteiger partial charge in [0.2, 0.25) is 0 Å². The monoisotopic (exact) mass is 274 g/mol. The van der Waals surface area contributed by atoms with Crippen LogP contribution in [0.4, 0.5) is 13.2 Å². The summed E-state index contributed by atoms with van der Waals surface area (Å²) < 4.78 is 37.4. The lowest BCUT2D eigenvalue weighted by Gasteiger charge is -2.36. The predicted molar refractivity (Wildman–Crippen MR) is 65.6 cm³/mol. The van der Waals surface area contributed by atoms with Crippen molar-refractivity contribution in [1.82, 2.24) is 10.2 Å². The summed E-state index contributed by atoms with van der Waals surface area (Å²) in [6.07, 6.45) is -6.89. The van der Waals surface area contributed by atoms with Gasteiger partial charge in [-0.2, -0.15) is 13.2 Å². The maximum atomic E-state index is 12.5. The molecule has 0 aromatic heterocycles. The molecule has 3 nitrogen and oxygen atoms in total. The van der Waals surface area contributed by atoms with Gasteiger partial charge in [-0.15, -0.1) is 0 Å². The van der Waals surface area contributed by atoms with E-state index >= 15 is 0 Å². The lowest BCUT2D eigenvalue weighted by molar-refractivity contribution is -0.215. The summed E-state index contributed by atoms with van der Waals surface area (Å²) >= 11 is 0. The molecule has 0 radical (unpaired) electrons. The number of hydrogen-bond donors (Lipinski definition) is 2. The minimum absolute atomic E-state index is 0.190. The van der Waals surface area contributed by atoms with Crippen LogP contribution in [-0.2, 0) is 6.54 Å². The average molecular weight is 274 g/mol. The predicted octanol–water partition coefficient (Wildman–Crippen LogP) is 1.38. The second kappa shape index (κ2) is 5.90. The number of rotatable bonds is 3. The Balaban J connectivity index is 1.94. The van der Waals surface area contributed by atoms with Gasteiger partial charge < -0.3 is 10.4 Å². The molecule has 1 aliphatic heterocycles. The first-order valence-corrected chi connectivity index (χ1v) is 6.21. The van der Waals surface area contributed by atoms with E-state index in [0.29, 0.717) is 19.6 Å². The van der Waals surface area contributed by atoms with E-state index in [0.717, 1.165) is 5.56 Å². The third-order valence-electron chi connectivity index (χ3n) is 3.25. The summed E-state index contributed by atoms with van der Waals surface area (Å²) in [7, 11) is 0. The fourth-order valence-corrected chi connectivity index (χ4v) is 2.27. The Hall–Kier alpha value is -1.11. The van der Waals surface area contributed by atoms with Gasteiger partial charge in [0.25, 0.3) is 0 Å². The zero-order valence-electron chi connectivity index (χ0n) is 10.4. The molecule has 106 valence electrons. The Morgan fingerprint density at radius 3 is 2.63 bits per heavy atom. The summed E-state index contributed by atoms with van der Waals surface area (Å²) in [5, 5.41) is 12.0. The van der Waals surface area contributed by atoms with Gasteiger partial charge >= 0.3 is 6.18 Å². The average Bonchev–Trinajstić information content (AvgIpc) is 2.38. The van der Waals surface area contributed by atoms with Crippen LogP contribution in [0.5, 0.6) is 0 Å². The molecule has 1 heterocycles. The van der Waals surface area contributed by atoms with E-state index in [2.05, 4.69) is 5.32 Å². The van der Waals surface area contributed by atoms with E-state index in [1.165, 1.54) is 0 Å². The van der Waals surface area contributed by atoms with Crippen LogP contribution in [0.25, 0.3) is 0 Å². The van der Waals surface area contributed by atoms with Crippen molar-refractivity contribution in [3.8, 4) is 0 Å². The molecule has 1 aliphatic rings. The van der Waals surface area contributed by atoms with Gasteiger partial charge in [-0.25, -0.2) is 0 Å². The minimum atomic E-state index is -4.58. The smallest absolute Gasteiger partial charge is 0.382 e. The molecule has 2 unspecified atom stereocenters. The highest BCUT2D eigenvalue weighted by molar-refractivity contribution is 5.14. The first-order chi connectivity index (χ1) is 8.97. The molecule has 1 aromatic rings. The second-order valence-electron chi connectivity index (χ2n) is 4.77. The van der Waals surface area contributed by atoms with Crippen LogP contribution in [0.2, 0.25) is 0 Å². The third kappa shape index (κ3) is 3.92. The number of nitrogens with zero attached hydrogens (tertiary/aromatic N) is 1. The molecule has 1 saturated heterocycles. The van der Waals surface area contributed by atoms with E-state index in [9.17, 15) is 18.3 Å². The molecule has 0 saturated carbocycles. The molecule has 6 heteroatoms. The number of alkyl halides is 3. The molecule has 19 heavy (non-hydrogen) atoms. The van der Waals surface area contributed by atoms with Crippen molar-refractivity contribution in [3.05, 3.63) is 35.9 Å². The van der Waals surface area contributed by atoms with Gasteiger partial charge in [-0.05, 0) is 5.56 Å². The van der Waals surface area contributed by atoms with Crippen LogP contribution in [0.1, 0.15) is 5.56 Å². The van der Waals surface area contributed by atoms with Crippen LogP contribution in [0, 0.1) is 0 Å². The van der Waals surface area contributed by atoms with Gasteiger partial charge in [-0.1, -0.05) is 30.3 Å². The molecule has 1 fully saturated rings. The maximum absolute atomic E-state index is 12.5. The van der Waals surface area contributed by atoms with Crippen LogP contribution >= 0.6 is 0 Å². The quantitative estimate of drug-likeness (QED) is 0.874. The van der Waals surface area contributed by atoms with E-state index in [4.69, 9.17) is 0 Å². The lowest BCUT2D eigenvalue weighted by Crippen LogP contribution is -2.58. The normalized spacial score (nSPS) is 23.3. The highest BCUT2D eigenvalue weighted by atomic mass is 19.4. The molecular weight excluding hydrogens is 257 g/mol. The number of aliphatic hydroxyl groups is 1. The summed E-state index contributed by atoms with van der Waals surface area (Å²) in [5.74, 6) is 0. The van der Waals surface area contributed by atoms with Crippen LogP contribution in [-0.4, -0.2) is 48.0 Å². The van der Waals surface area contributed by atoms with Crippen LogP contribution in [0.3, 0.4) is 0 Å². The Morgan fingerprint density at radius 2 is 2.00 bits per heavy atom. The van der Waals surface area contributed by atoms with Crippen molar-refractivity contribution in [3.63, 3.8) is 0 Å². The van der Waals surface area contributed by atoms with Crippen molar-refractivity contribution in [2.75, 3.05) is 19.6 Å². The Morgan fingerprint density at radius 1 is 1.32 bits per heavy atom. The number of piperazine rings is 1. The fourth-order valence-electron chi connectivity index (χ4n) is 2.27. The van der Waals surface area contributed by atoms with E-state index in [1.807, 2.05) is 35.2 Å². The SMILES string of the molecule is OC(C1CN(Cc2ccccc2)CCN1)C(F)(F)F. The van der Waals surface area contributed by atoms with Crippen molar-refractivity contribution >= 4 is 0 Å². The number of hydrogen-bond acceptors (Lipinski definition) is 3. The lowest BCUT2D eigenvalue weighted by atomic mass is 10.1. The zero-order valence-corrected chi connectivity index (χ0v) is 10.4.